The predicted octanol–water partition coefficient (Wildman–Crippen LogP) is 3.27. The number of rotatable bonds is 16. The number of likely N-dealkylation sites (tertiary alicyclic amines) is 2. The van der Waals surface area contributed by atoms with E-state index >= 15 is 0 Å². The number of carbonyl (C=O) groups excluding carboxylic acids is 4. The van der Waals surface area contributed by atoms with Gasteiger partial charge in [0.15, 0.2) is 0 Å². The first kappa shape index (κ1) is 34.8. The maximum absolute atomic E-state index is 12.7. The van der Waals surface area contributed by atoms with Crippen LogP contribution in [0.2, 0.25) is 0 Å². The molecule has 9 nitrogen and oxygen atoms in total. The normalized spacial score (nSPS) is 21.2. The van der Waals surface area contributed by atoms with Crippen molar-refractivity contribution in [2.45, 2.75) is 81.1 Å². The smallest absolute Gasteiger partial charge is 0.233 e. The summed E-state index contributed by atoms with van der Waals surface area (Å²) in [5.41, 5.74) is 2.44. The molecule has 2 fully saturated rings. The lowest BCUT2D eigenvalue weighted by Gasteiger charge is -2.17. The van der Waals surface area contributed by atoms with Gasteiger partial charge in [-0.25, -0.2) is 0 Å². The SMILES string of the molecule is C/C(=C\C(C)(C)C)CC1CC(=O)N(CCNCCNCCNCCN2C(=O)CC(C/C(C)=C/C(C)(C)C)C2=O)C1=O. The van der Waals surface area contributed by atoms with Crippen molar-refractivity contribution in [3.05, 3.63) is 23.3 Å². The van der Waals surface area contributed by atoms with E-state index in [0.717, 1.165) is 37.3 Å². The molecule has 2 aliphatic heterocycles. The van der Waals surface area contributed by atoms with Crippen molar-refractivity contribution in [2.24, 2.45) is 22.7 Å². The zero-order valence-corrected chi connectivity index (χ0v) is 26.8. The molecule has 0 aromatic rings. The van der Waals surface area contributed by atoms with Crippen LogP contribution in [0.15, 0.2) is 23.3 Å². The van der Waals surface area contributed by atoms with E-state index in [1.54, 1.807) is 0 Å². The third-order valence-corrected chi connectivity index (χ3v) is 7.15. The highest BCUT2D eigenvalue weighted by Gasteiger charge is 2.39. The highest BCUT2D eigenvalue weighted by Crippen LogP contribution is 2.29. The summed E-state index contributed by atoms with van der Waals surface area (Å²) in [6, 6.07) is 0. The topological polar surface area (TPSA) is 111 Å². The highest BCUT2D eigenvalue weighted by atomic mass is 16.2. The first-order valence-electron chi connectivity index (χ1n) is 15.2. The molecule has 2 aliphatic rings. The monoisotopic (exact) mass is 573 g/mol. The Morgan fingerprint density at radius 2 is 0.951 bits per heavy atom. The second kappa shape index (κ2) is 15.8. The molecule has 0 spiro atoms. The molecule has 2 atom stereocenters. The van der Waals surface area contributed by atoms with Gasteiger partial charge in [0.1, 0.15) is 0 Å². The Labute approximate surface area is 247 Å². The largest absolute Gasteiger partial charge is 0.314 e. The van der Waals surface area contributed by atoms with Crippen LogP contribution in [0.25, 0.3) is 0 Å². The summed E-state index contributed by atoms with van der Waals surface area (Å²) in [4.78, 5) is 53.0. The van der Waals surface area contributed by atoms with Gasteiger partial charge in [-0.2, -0.15) is 0 Å². The van der Waals surface area contributed by atoms with E-state index in [9.17, 15) is 19.2 Å². The molecular formula is C32H55N5O4. The van der Waals surface area contributed by atoms with Crippen LogP contribution in [0, 0.1) is 22.7 Å². The summed E-state index contributed by atoms with van der Waals surface area (Å²) in [5.74, 6) is -0.729. The molecular weight excluding hydrogens is 518 g/mol. The molecule has 0 aromatic heterocycles. The average Bonchev–Trinajstić information content (AvgIpc) is 3.23. The number of imide groups is 2. The maximum atomic E-state index is 12.7. The maximum Gasteiger partial charge on any atom is 0.233 e. The van der Waals surface area contributed by atoms with E-state index < -0.39 is 0 Å². The van der Waals surface area contributed by atoms with Crippen LogP contribution >= 0.6 is 0 Å². The van der Waals surface area contributed by atoms with Gasteiger partial charge in [-0.15, -0.1) is 0 Å². The van der Waals surface area contributed by atoms with Gasteiger partial charge in [0.25, 0.3) is 0 Å². The molecule has 2 unspecified atom stereocenters. The third-order valence-electron chi connectivity index (χ3n) is 7.15. The molecule has 2 heterocycles. The fourth-order valence-corrected chi connectivity index (χ4v) is 5.78. The van der Waals surface area contributed by atoms with Gasteiger partial charge in [0, 0.05) is 65.2 Å². The molecule has 0 radical (unpaired) electrons. The fourth-order valence-electron chi connectivity index (χ4n) is 5.78. The molecule has 0 aromatic carbocycles. The van der Waals surface area contributed by atoms with E-state index in [2.05, 4.69) is 69.6 Å². The Morgan fingerprint density at radius 3 is 1.27 bits per heavy atom. The Kier molecular flexibility index (Phi) is 13.4. The zero-order valence-electron chi connectivity index (χ0n) is 26.8. The minimum atomic E-state index is -0.238. The van der Waals surface area contributed by atoms with Gasteiger partial charge in [0.05, 0.1) is 11.8 Å². The Bertz CT molecular complexity index is 911. The van der Waals surface area contributed by atoms with Crippen molar-refractivity contribution in [2.75, 3.05) is 52.4 Å². The predicted molar refractivity (Wildman–Crippen MR) is 164 cm³/mol. The number of nitrogens with one attached hydrogen (secondary N) is 3. The molecule has 232 valence electrons. The van der Waals surface area contributed by atoms with Crippen LogP contribution in [-0.4, -0.2) is 85.8 Å². The summed E-state index contributed by atoms with van der Waals surface area (Å²) in [6.45, 7) is 21.8. The highest BCUT2D eigenvalue weighted by molar-refractivity contribution is 6.04. The van der Waals surface area contributed by atoms with Crippen molar-refractivity contribution < 1.29 is 19.2 Å². The minimum absolute atomic E-state index is 0.0528. The number of hydrogen-bond acceptors (Lipinski definition) is 7. The van der Waals surface area contributed by atoms with Crippen LogP contribution < -0.4 is 16.0 Å². The van der Waals surface area contributed by atoms with E-state index in [1.165, 1.54) is 9.80 Å². The van der Waals surface area contributed by atoms with E-state index in [-0.39, 0.29) is 46.3 Å². The molecule has 0 aliphatic carbocycles. The summed E-state index contributed by atoms with van der Waals surface area (Å²) < 4.78 is 0. The first-order valence-corrected chi connectivity index (χ1v) is 15.2. The van der Waals surface area contributed by atoms with Crippen LogP contribution in [-0.2, 0) is 19.2 Å². The lowest BCUT2D eigenvalue weighted by molar-refractivity contribution is -0.140. The Morgan fingerprint density at radius 1 is 0.634 bits per heavy atom. The lowest BCUT2D eigenvalue weighted by atomic mass is 9.90. The second-order valence-corrected chi connectivity index (χ2v) is 13.9. The summed E-state index contributed by atoms with van der Waals surface area (Å²) in [6.07, 6.45) is 6.25. The van der Waals surface area contributed by atoms with Crippen molar-refractivity contribution in [1.29, 1.82) is 0 Å². The standard InChI is InChI=1S/C32H55N5O4/c1-23(21-31(3,4)5)17-25-19-27(38)36(29(25)40)15-13-34-11-9-33-10-12-35-14-16-37-28(39)20-26(30(37)41)18-24(2)22-32(6,7)8/h21-22,25-26,33-35H,9-20H2,1-8H3/b23-21+,24-22+. The zero-order chi connectivity index (χ0) is 30.8. The van der Waals surface area contributed by atoms with E-state index in [1.807, 2.05) is 13.8 Å². The molecule has 2 saturated heterocycles. The van der Waals surface area contributed by atoms with Gasteiger partial charge in [-0.05, 0) is 37.5 Å². The van der Waals surface area contributed by atoms with Crippen LogP contribution in [0.3, 0.4) is 0 Å². The molecule has 4 amide bonds. The number of allylic oxidation sites excluding steroid dienone is 4. The van der Waals surface area contributed by atoms with Gasteiger partial charge in [-0.1, -0.05) is 64.8 Å². The summed E-state index contributed by atoms with van der Waals surface area (Å²) in [5, 5.41) is 9.92. The molecule has 0 saturated carbocycles. The van der Waals surface area contributed by atoms with Crippen molar-refractivity contribution >= 4 is 23.6 Å². The van der Waals surface area contributed by atoms with Crippen molar-refractivity contribution in [3.8, 4) is 0 Å². The molecule has 9 heteroatoms. The number of carbonyl (C=O) groups is 4. The average molecular weight is 574 g/mol. The van der Waals surface area contributed by atoms with Crippen LogP contribution in [0.5, 0.6) is 0 Å². The number of hydrogen-bond donors (Lipinski definition) is 3. The third kappa shape index (κ3) is 12.6. The van der Waals surface area contributed by atoms with Gasteiger partial charge in [0.2, 0.25) is 23.6 Å². The Hall–Kier alpha value is -2.36. The van der Waals surface area contributed by atoms with E-state index in [0.29, 0.717) is 51.9 Å². The van der Waals surface area contributed by atoms with E-state index in [4.69, 9.17) is 0 Å². The molecule has 0 bridgehead atoms. The van der Waals surface area contributed by atoms with Crippen LogP contribution in [0.4, 0.5) is 0 Å². The number of amides is 4. The summed E-state index contributed by atoms with van der Waals surface area (Å²) in [7, 11) is 0. The minimum Gasteiger partial charge on any atom is -0.314 e. The molecule has 41 heavy (non-hydrogen) atoms. The quantitative estimate of drug-likeness (QED) is 0.148. The van der Waals surface area contributed by atoms with Gasteiger partial charge >= 0.3 is 0 Å². The van der Waals surface area contributed by atoms with Crippen molar-refractivity contribution in [3.63, 3.8) is 0 Å². The molecule has 2 rings (SSSR count). The Balaban J connectivity index is 1.53. The summed E-state index contributed by atoms with van der Waals surface area (Å²) >= 11 is 0. The molecule has 3 N–H and O–H groups in total. The fraction of sp³-hybridized carbons (Fsp3) is 0.750. The van der Waals surface area contributed by atoms with Gasteiger partial charge < -0.3 is 16.0 Å². The van der Waals surface area contributed by atoms with Gasteiger partial charge in [-0.3, -0.25) is 29.0 Å². The van der Waals surface area contributed by atoms with Crippen molar-refractivity contribution in [1.82, 2.24) is 25.8 Å². The second-order valence-electron chi connectivity index (χ2n) is 13.9. The lowest BCUT2D eigenvalue weighted by Crippen LogP contribution is -2.40. The first-order chi connectivity index (χ1) is 19.1. The number of nitrogens with zero attached hydrogens (tertiary/aromatic N) is 2. The van der Waals surface area contributed by atoms with Crippen LogP contribution in [0.1, 0.15) is 81.1 Å².